The molecule has 2 aliphatic rings. The highest BCUT2D eigenvalue weighted by Crippen LogP contribution is 2.25. The standard InChI is InChI=1S/C15H24N4O3/c1-10-14(11(2)18-17-10)16-13(20)9-19-5-3-4-12(8-19)15-21-6-7-22-15/h12,15H,3-9H2,1-2H3,(H,16,20)(H,17,18)/t12-/m0/s1. The SMILES string of the molecule is Cc1n[nH]c(C)c1NC(=O)CN1CCC[C@H](C2OCCO2)C1. The molecule has 3 heterocycles. The van der Waals surface area contributed by atoms with Gasteiger partial charge < -0.3 is 14.8 Å². The number of carbonyl (C=O) groups is 1. The fraction of sp³-hybridized carbons (Fsp3) is 0.733. The summed E-state index contributed by atoms with van der Waals surface area (Å²) in [6.45, 7) is 7.34. The number of ether oxygens (including phenoxy) is 2. The number of hydrogen-bond donors (Lipinski definition) is 2. The van der Waals surface area contributed by atoms with Crippen LogP contribution in [0.15, 0.2) is 0 Å². The van der Waals surface area contributed by atoms with E-state index in [1.54, 1.807) is 0 Å². The van der Waals surface area contributed by atoms with E-state index in [0.717, 1.165) is 43.0 Å². The Balaban J connectivity index is 1.52. The average Bonchev–Trinajstić information content (AvgIpc) is 3.13. The van der Waals surface area contributed by atoms with Gasteiger partial charge in [0.1, 0.15) is 0 Å². The Morgan fingerprint density at radius 2 is 2.18 bits per heavy atom. The van der Waals surface area contributed by atoms with Gasteiger partial charge in [-0.05, 0) is 33.2 Å². The molecule has 1 aromatic heterocycles. The number of hydrogen-bond acceptors (Lipinski definition) is 5. The molecule has 0 saturated carbocycles. The molecule has 0 radical (unpaired) electrons. The molecule has 7 heteroatoms. The molecule has 2 aliphatic heterocycles. The van der Waals surface area contributed by atoms with Crippen LogP contribution in [0.1, 0.15) is 24.2 Å². The predicted molar refractivity (Wildman–Crippen MR) is 81.5 cm³/mol. The van der Waals surface area contributed by atoms with Crippen LogP contribution in [0, 0.1) is 19.8 Å². The Kier molecular flexibility index (Phi) is 4.75. The largest absolute Gasteiger partial charge is 0.350 e. The fourth-order valence-corrected chi connectivity index (χ4v) is 3.22. The first-order valence-corrected chi connectivity index (χ1v) is 7.90. The van der Waals surface area contributed by atoms with Crippen LogP contribution in [-0.4, -0.2) is 60.1 Å². The van der Waals surface area contributed by atoms with Crippen molar-refractivity contribution in [2.45, 2.75) is 33.0 Å². The molecule has 0 bridgehead atoms. The summed E-state index contributed by atoms with van der Waals surface area (Å²) in [6.07, 6.45) is 2.08. The van der Waals surface area contributed by atoms with Gasteiger partial charge in [0.25, 0.3) is 0 Å². The van der Waals surface area contributed by atoms with E-state index in [4.69, 9.17) is 9.47 Å². The van der Waals surface area contributed by atoms with Gasteiger partial charge in [0.05, 0.1) is 36.8 Å². The summed E-state index contributed by atoms with van der Waals surface area (Å²) < 4.78 is 11.2. The minimum absolute atomic E-state index is 0.00140. The summed E-state index contributed by atoms with van der Waals surface area (Å²) in [6, 6.07) is 0. The monoisotopic (exact) mass is 308 g/mol. The summed E-state index contributed by atoms with van der Waals surface area (Å²) in [7, 11) is 0. The fourth-order valence-electron chi connectivity index (χ4n) is 3.22. The molecular formula is C15H24N4O3. The van der Waals surface area contributed by atoms with Crippen LogP contribution in [0.2, 0.25) is 0 Å². The smallest absolute Gasteiger partial charge is 0.238 e. The molecule has 2 N–H and O–H groups in total. The van der Waals surface area contributed by atoms with Gasteiger partial charge in [-0.1, -0.05) is 0 Å². The third-order valence-corrected chi connectivity index (χ3v) is 4.33. The molecule has 2 fully saturated rings. The molecule has 2 saturated heterocycles. The molecule has 0 spiro atoms. The number of nitrogens with zero attached hydrogens (tertiary/aromatic N) is 2. The molecule has 0 aliphatic carbocycles. The van der Waals surface area contributed by atoms with Gasteiger partial charge in [0.15, 0.2) is 6.29 Å². The van der Waals surface area contributed by atoms with Gasteiger partial charge in [0, 0.05) is 12.5 Å². The quantitative estimate of drug-likeness (QED) is 0.869. The molecule has 0 aromatic carbocycles. The Bertz CT molecular complexity index is 505. The van der Waals surface area contributed by atoms with Crippen LogP contribution < -0.4 is 5.32 Å². The van der Waals surface area contributed by atoms with Crippen LogP contribution in [0.3, 0.4) is 0 Å². The number of H-pyrrole nitrogens is 1. The van der Waals surface area contributed by atoms with Crippen molar-refractivity contribution in [2.75, 3.05) is 38.2 Å². The van der Waals surface area contributed by atoms with Crippen molar-refractivity contribution in [3.05, 3.63) is 11.4 Å². The Labute approximate surface area is 130 Å². The van der Waals surface area contributed by atoms with E-state index in [1.165, 1.54) is 0 Å². The first kappa shape index (κ1) is 15.5. The third kappa shape index (κ3) is 3.48. The van der Waals surface area contributed by atoms with Crippen molar-refractivity contribution < 1.29 is 14.3 Å². The van der Waals surface area contributed by atoms with Gasteiger partial charge in [0.2, 0.25) is 5.91 Å². The zero-order valence-corrected chi connectivity index (χ0v) is 13.2. The van der Waals surface area contributed by atoms with Crippen LogP contribution in [0.5, 0.6) is 0 Å². The molecule has 22 heavy (non-hydrogen) atoms. The van der Waals surface area contributed by atoms with Gasteiger partial charge in [-0.3, -0.25) is 14.8 Å². The van der Waals surface area contributed by atoms with E-state index < -0.39 is 0 Å². The third-order valence-electron chi connectivity index (χ3n) is 4.33. The first-order chi connectivity index (χ1) is 10.6. The normalized spacial score (nSPS) is 23.8. The molecule has 0 unspecified atom stereocenters. The van der Waals surface area contributed by atoms with E-state index in [1.807, 2.05) is 13.8 Å². The Morgan fingerprint density at radius 1 is 1.41 bits per heavy atom. The van der Waals surface area contributed by atoms with Crippen LogP contribution in [0.4, 0.5) is 5.69 Å². The van der Waals surface area contributed by atoms with E-state index in [9.17, 15) is 4.79 Å². The van der Waals surface area contributed by atoms with Crippen molar-refractivity contribution in [3.63, 3.8) is 0 Å². The number of carbonyl (C=O) groups excluding carboxylic acids is 1. The molecule has 1 aromatic rings. The summed E-state index contributed by atoms with van der Waals surface area (Å²) >= 11 is 0. The highest BCUT2D eigenvalue weighted by Gasteiger charge is 2.31. The maximum atomic E-state index is 12.3. The Morgan fingerprint density at radius 3 is 2.86 bits per heavy atom. The summed E-state index contributed by atoms with van der Waals surface area (Å²) in [5, 5.41) is 9.93. The lowest BCUT2D eigenvalue weighted by Gasteiger charge is -2.34. The van der Waals surface area contributed by atoms with Crippen molar-refractivity contribution in [1.29, 1.82) is 0 Å². The number of aromatic amines is 1. The first-order valence-electron chi connectivity index (χ1n) is 7.90. The number of aromatic nitrogens is 2. The maximum absolute atomic E-state index is 12.3. The van der Waals surface area contributed by atoms with Gasteiger partial charge in [-0.2, -0.15) is 5.10 Å². The van der Waals surface area contributed by atoms with Gasteiger partial charge >= 0.3 is 0 Å². The zero-order chi connectivity index (χ0) is 15.5. The second-order valence-corrected chi connectivity index (χ2v) is 6.10. The highest BCUT2D eigenvalue weighted by molar-refractivity contribution is 5.93. The Hall–Kier alpha value is -1.44. The maximum Gasteiger partial charge on any atom is 0.238 e. The van der Waals surface area contributed by atoms with Crippen LogP contribution in [0.25, 0.3) is 0 Å². The molecular weight excluding hydrogens is 284 g/mol. The van der Waals surface area contributed by atoms with Crippen molar-refractivity contribution in [2.24, 2.45) is 5.92 Å². The minimum atomic E-state index is -0.0933. The van der Waals surface area contributed by atoms with E-state index in [2.05, 4.69) is 20.4 Å². The zero-order valence-electron chi connectivity index (χ0n) is 13.2. The number of amides is 1. The predicted octanol–water partition coefficient (Wildman–Crippen LogP) is 1.05. The lowest BCUT2D eigenvalue weighted by atomic mass is 9.97. The molecule has 122 valence electrons. The van der Waals surface area contributed by atoms with E-state index in [0.29, 0.717) is 25.7 Å². The number of aryl methyl sites for hydroxylation is 2. The minimum Gasteiger partial charge on any atom is -0.350 e. The summed E-state index contributed by atoms with van der Waals surface area (Å²) in [5.74, 6) is 0.364. The average molecular weight is 308 g/mol. The van der Waals surface area contributed by atoms with E-state index in [-0.39, 0.29) is 12.2 Å². The molecule has 7 nitrogen and oxygen atoms in total. The molecule has 1 amide bonds. The number of anilines is 1. The van der Waals surface area contributed by atoms with Crippen molar-refractivity contribution in [1.82, 2.24) is 15.1 Å². The number of piperidine rings is 1. The highest BCUT2D eigenvalue weighted by atomic mass is 16.7. The van der Waals surface area contributed by atoms with Gasteiger partial charge in [-0.25, -0.2) is 0 Å². The lowest BCUT2D eigenvalue weighted by Crippen LogP contribution is -2.44. The van der Waals surface area contributed by atoms with Crippen molar-refractivity contribution in [3.8, 4) is 0 Å². The van der Waals surface area contributed by atoms with E-state index >= 15 is 0 Å². The van der Waals surface area contributed by atoms with Gasteiger partial charge in [-0.15, -0.1) is 0 Å². The summed E-state index contributed by atoms with van der Waals surface area (Å²) in [5.41, 5.74) is 2.49. The number of rotatable bonds is 4. The number of nitrogens with one attached hydrogen (secondary N) is 2. The number of likely N-dealkylation sites (tertiary alicyclic amines) is 1. The molecule has 3 rings (SSSR count). The lowest BCUT2D eigenvalue weighted by molar-refractivity contribution is -0.121. The topological polar surface area (TPSA) is 79.5 Å². The van der Waals surface area contributed by atoms with Crippen LogP contribution >= 0.6 is 0 Å². The second-order valence-electron chi connectivity index (χ2n) is 6.10. The summed E-state index contributed by atoms with van der Waals surface area (Å²) in [4.78, 5) is 14.4. The van der Waals surface area contributed by atoms with Crippen molar-refractivity contribution >= 4 is 11.6 Å². The molecule has 1 atom stereocenters. The second kappa shape index (κ2) is 6.76. The van der Waals surface area contributed by atoms with Crippen LogP contribution in [-0.2, 0) is 14.3 Å².